The Morgan fingerprint density at radius 3 is 2.95 bits per heavy atom. The van der Waals surface area contributed by atoms with Gasteiger partial charge in [-0.15, -0.1) is 0 Å². The summed E-state index contributed by atoms with van der Waals surface area (Å²) < 4.78 is 0. The van der Waals surface area contributed by atoms with Crippen LogP contribution in [0.2, 0.25) is 0 Å². The molecule has 1 saturated heterocycles. The number of amides is 2. The average Bonchev–Trinajstić information content (AvgIpc) is 3.05. The zero-order chi connectivity index (χ0) is 15.0. The van der Waals surface area contributed by atoms with Crippen LogP contribution >= 0.6 is 0 Å². The summed E-state index contributed by atoms with van der Waals surface area (Å²) >= 11 is 0. The molecule has 0 aromatic carbocycles. The molecule has 3 aliphatic rings. The van der Waals surface area contributed by atoms with Gasteiger partial charge in [-0.2, -0.15) is 0 Å². The lowest BCUT2D eigenvalue weighted by molar-refractivity contribution is -0.137. The lowest BCUT2D eigenvalue weighted by atomic mass is 9.78. The van der Waals surface area contributed by atoms with E-state index in [0.717, 1.165) is 30.4 Å². The van der Waals surface area contributed by atoms with Gasteiger partial charge in [0.1, 0.15) is 6.54 Å². The third kappa shape index (κ3) is 2.63. The summed E-state index contributed by atoms with van der Waals surface area (Å²) in [6.45, 7) is 1.06. The van der Waals surface area contributed by atoms with Gasteiger partial charge in [-0.3, -0.25) is 9.59 Å². The molecule has 3 rings (SSSR count). The smallest absolute Gasteiger partial charge is 0.426 e. The number of carbonyl (C=O) groups is 2. The van der Waals surface area contributed by atoms with Crippen LogP contribution in [0.5, 0.6) is 0 Å². The molecule has 2 aliphatic heterocycles. The van der Waals surface area contributed by atoms with E-state index in [1.54, 1.807) is 4.90 Å². The fourth-order valence-corrected chi connectivity index (χ4v) is 3.36. The number of allylic oxidation sites excluding steroid dienone is 1. The van der Waals surface area contributed by atoms with Gasteiger partial charge in [0, 0.05) is 18.7 Å². The van der Waals surface area contributed by atoms with Crippen LogP contribution in [0.4, 0.5) is 0 Å². The van der Waals surface area contributed by atoms with Crippen LogP contribution in [0.25, 0.3) is 0 Å². The minimum absolute atomic E-state index is 0.0168. The van der Waals surface area contributed by atoms with Gasteiger partial charge in [-0.05, 0) is 31.3 Å². The highest BCUT2D eigenvalue weighted by atomic mass is 16.4. The topological polar surface area (TPSA) is 81.1 Å². The van der Waals surface area contributed by atoms with E-state index in [4.69, 9.17) is 0 Å². The van der Waals surface area contributed by atoms with Crippen LogP contribution in [0.15, 0.2) is 23.3 Å². The number of likely N-dealkylation sites (tertiary alicyclic amines) is 1. The molecule has 112 valence electrons. The Bertz CT molecular complexity index is 529. The summed E-state index contributed by atoms with van der Waals surface area (Å²) in [6.07, 6.45) is 7.01. The molecular weight excluding hydrogens is 271 g/mol. The van der Waals surface area contributed by atoms with Crippen LogP contribution in [0, 0.1) is 0 Å². The number of nitrogens with zero attached hydrogens (tertiary/aromatic N) is 2. The normalized spacial score (nSPS) is 24.9. The van der Waals surface area contributed by atoms with Crippen molar-refractivity contribution in [2.45, 2.75) is 31.6 Å². The van der Waals surface area contributed by atoms with Gasteiger partial charge in [0.25, 0.3) is 5.91 Å². The molecular formula is C14H19BN2O4. The standard InChI is InChI=1S/C14H19BN2O4/c18-13(17-7-3-6-12(17)15(20)21)9-16-8-10-4-1-2-5-11(10)14(16)19/h2,5,12,20-21H,1,3-4,6-9H2. The maximum atomic E-state index is 12.3. The molecule has 0 aromatic rings. The van der Waals surface area contributed by atoms with Crippen molar-refractivity contribution in [3.8, 4) is 0 Å². The van der Waals surface area contributed by atoms with Crippen molar-refractivity contribution in [2.75, 3.05) is 19.6 Å². The minimum Gasteiger partial charge on any atom is -0.426 e. The molecule has 1 aliphatic carbocycles. The molecule has 0 bridgehead atoms. The molecule has 2 N–H and O–H groups in total. The number of carbonyl (C=O) groups excluding carboxylic acids is 2. The first-order chi connectivity index (χ1) is 10.1. The predicted octanol–water partition coefficient (Wildman–Crippen LogP) is -0.522. The number of hydrogen-bond donors (Lipinski definition) is 2. The molecule has 1 atom stereocenters. The van der Waals surface area contributed by atoms with Crippen molar-refractivity contribution >= 4 is 18.9 Å². The van der Waals surface area contributed by atoms with Crippen LogP contribution in [0.3, 0.4) is 0 Å². The largest absolute Gasteiger partial charge is 0.475 e. The molecule has 0 saturated carbocycles. The van der Waals surface area contributed by atoms with Crippen molar-refractivity contribution in [2.24, 2.45) is 0 Å². The quantitative estimate of drug-likeness (QED) is 0.685. The number of hydrogen-bond acceptors (Lipinski definition) is 4. The second kappa shape index (κ2) is 5.65. The van der Waals surface area contributed by atoms with E-state index in [1.807, 2.05) is 12.2 Å². The van der Waals surface area contributed by atoms with Gasteiger partial charge in [0.2, 0.25) is 5.91 Å². The van der Waals surface area contributed by atoms with Crippen LogP contribution in [-0.4, -0.2) is 64.4 Å². The third-order valence-electron chi connectivity index (χ3n) is 4.47. The summed E-state index contributed by atoms with van der Waals surface area (Å²) in [5.41, 5.74) is 1.84. The zero-order valence-electron chi connectivity index (χ0n) is 11.9. The lowest BCUT2D eigenvalue weighted by Gasteiger charge is -2.26. The summed E-state index contributed by atoms with van der Waals surface area (Å²) in [4.78, 5) is 27.6. The Labute approximate surface area is 123 Å². The highest BCUT2D eigenvalue weighted by Crippen LogP contribution is 2.28. The molecule has 21 heavy (non-hydrogen) atoms. The van der Waals surface area contributed by atoms with Gasteiger partial charge >= 0.3 is 7.12 Å². The Kier molecular flexibility index (Phi) is 3.86. The Balaban J connectivity index is 1.64. The van der Waals surface area contributed by atoms with Crippen LogP contribution < -0.4 is 0 Å². The zero-order valence-corrected chi connectivity index (χ0v) is 11.9. The summed E-state index contributed by atoms with van der Waals surface area (Å²) in [7, 11) is -1.51. The predicted molar refractivity (Wildman–Crippen MR) is 76.9 cm³/mol. The lowest BCUT2D eigenvalue weighted by Crippen LogP contribution is -2.49. The molecule has 0 spiro atoms. The van der Waals surface area contributed by atoms with Crippen molar-refractivity contribution < 1.29 is 19.6 Å². The number of rotatable bonds is 3. The van der Waals surface area contributed by atoms with E-state index in [0.29, 0.717) is 19.5 Å². The van der Waals surface area contributed by atoms with E-state index >= 15 is 0 Å². The van der Waals surface area contributed by atoms with E-state index in [2.05, 4.69) is 0 Å². The maximum absolute atomic E-state index is 12.3. The van der Waals surface area contributed by atoms with E-state index in [1.165, 1.54) is 4.90 Å². The summed E-state index contributed by atoms with van der Waals surface area (Å²) in [5.74, 6) is -0.838. The summed E-state index contributed by atoms with van der Waals surface area (Å²) in [6, 6.07) is 0. The van der Waals surface area contributed by atoms with Gasteiger partial charge in [0.05, 0.1) is 5.94 Å². The van der Waals surface area contributed by atoms with Crippen molar-refractivity contribution in [1.82, 2.24) is 9.80 Å². The molecule has 2 amide bonds. The summed E-state index contributed by atoms with van der Waals surface area (Å²) in [5, 5.41) is 18.6. The fourth-order valence-electron chi connectivity index (χ4n) is 3.36. The van der Waals surface area contributed by atoms with E-state index in [-0.39, 0.29) is 18.4 Å². The molecule has 7 heteroatoms. The SMILES string of the molecule is O=C1C2=C(CCC=C2)CN1CC(=O)N1CCCC1B(O)O. The highest BCUT2D eigenvalue weighted by Gasteiger charge is 2.38. The molecule has 0 aromatic heterocycles. The second-order valence-electron chi connectivity index (χ2n) is 5.83. The fraction of sp³-hybridized carbons (Fsp3) is 0.571. The molecule has 0 radical (unpaired) electrons. The third-order valence-corrected chi connectivity index (χ3v) is 4.47. The van der Waals surface area contributed by atoms with E-state index in [9.17, 15) is 19.6 Å². The first-order valence-electron chi connectivity index (χ1n) is 7.41. The monoisotopic (exact) mass is 290 g/mol. The second-order valence-corrected chi connectivity index (χ2v) is 5.83. The molecule has 1 unspecified atom stereocenters. The molecule has 2 heterocycles. The van der Waals surface area contributed by atoms with E-state index < -0.39 is 13.1 Å². The van der Waals surface area contributed by atoms with Gasteiger partial charge in [0.15, 0.2) is 0 Å². The Hall–Kier alpha value is -1.60. The van der Waals surface area contributed by atoms with Crippen molar-refractivity contribution in [1.29, 1.82) is 0 Å². The maximum Gasteiger partial charge on any atom is 0.475 e. The first-order valence-corrected chi connectivity index (χ1v) is 7.41. The van der Waals surface area contributed by atoms with Gasteiger partial charge < -0.3 is 19.8 Å². The minimum atomic E-state index is -1.51. The van der Waals surface area contributed by atoms with Crippen LogP contribution in [0.1, 0.15) is 25.7 Å². The van der Waals surface area contributed by atoms with Gasteiger partial charge in [-0.1, -0.05) is 12.2 Å². The first kappa shape index (κ1) is 14.3. The molecule has 1 fully saturated rings. The Morgan fingerprint density at radius 1 is 1.43 bits per heavy atom. The highest BCUT2D eigenvalue weighted by molar-refractivity contribution is 6.43. The Morgan fingerprint density at radius 2 is 2.24 bits per heavy atom. The molecule has 6 nitrogen and oxygen atoms in total. The van der Waals surface area contributed by atoms with Gasteiger partial charge in [-0.25, -0.2) is 0 Å². The van der Waals surface area contributed by atoms with Crippen LogP contribution in [-0.2, 0) is 9.59 Å². The van der Waals surface area contributed by atoms with Crippen molar-refractivity contribution in [3.05, 3.63) is 23.3 Å². The average molecular weight is 290 g/mol. The van der Waals surface area contributed by atoms with Crippen molar-refractivity contribution in [3.63, 3.8) is 0 Å².